The largest absolute Gasteiger partial charge is 0.506 e. The van der Waals surface area contributed by atoms with Crippen LogP contribution in [0.3, 0.4) is 0 Å². The second-order valence-corrected chi connectivity index (χ2v) is 9.41. The molecule has 8 heteroatoms. The van der Waals surface area contributed by atoms with Crippen molar-refractivity contribution in [2.75, 3.05) is 39.8 Å². The normalized spacial score (nSPS) is 15.8. The van der Waals surface area contributed by atoms with Crippen molar-refractivity contribution >= 4 is 16.8 Å². The number of benzene rings is 2. The van der Waals surface area contributed by atoms with Crippen molar-refractivity contribution < 1.29 is 15.0 Å². The van der Waals surface area contributed by atoms with Crippen molar-refractivity contribution in [1.29, 1.82) is 0 Å². The molecule has 1 fully saturated rings. The molecular weight excluding hydrogens is 444 g/mol. The van der Waals surface area contributed by atoms with Gasteiger partial charge >= 0.3 is 0 Å². The van der Waals surface area contributed by atoms with Crippen molar-refractivity contribution in [2.45, 2.75) is 25.4 Å². The number of amides is 1. The highest BCUT2D eigenvalue weighted by Gasteiger charge is 2.18. The lowest BCUT2D eigenvalue weighted by molar-refractivity contribution is 0.0939. The van der Waals surface area contributed by atoms with Gasteiger partial charge in [-0.25, -0.2) is 0 Å². The minimum Gasteiger partial charge on any atom is -0.506 e. The van der Waals surface area contributed by atoms with E-state index in [2.05, 4.69) is 27.6 Å². The predicted molar refractivity (Wildman–Crippen MR) is 137 cm³/mol. The molecule has 3 aromatic rings. The van der Waals surface area contributed by atoms with Gasteiger partial charge in [0.15, 0.2) is 0 Å². The van der Waals surface area contributed by atoms with Crippen molar-refractivity contribution in [3.63, 3.8) is 0 Å². The lowest BCUT2D eigenvalue weighted by Crippen LogP contribution is -2.36. The van der Waals surface area contributed by atoms with E-state index in [1.165, 1.54) is 12.1 Å². The summed E-state index contributed by atoms with van der Waals surface area (Å²) in [6.07, 6.45) is 2.22. The minimum absolute atomic E-state index is 0.0273. The van der Waals surface area contributed by atoms with Gasteiger partial charge in [0.05, 0.1) is 11.6 Å². The number of piperidine rings is 1. The molecule has 2 aromatic carbocycles. The summed E-state index contributed by atoms with van der Waals surface area (Å²) in [5.74, 6) is 0.498. The number of phenolic OH excluding ortho intramolecular Hbond substituents is 1. The number of aliphatic hydroxyl groups is 1. The lowest BCUT2D eigenvalue weighted by atomic mass is 9.97. The Balaban J connectivity index is 1.23. The second kappa shape index (κ2) is 11.5. The molecule has 1 amide bonds. The third kappa shape index (κ3) is 6.48. The highest BCUT2D eigenvalue weighted by molar-refractivity contribution is 5.94. The van der Waals surface area contributed by atoms with Gasteiger partial charge in [-0.3, -0.25) is 9.59 Å². The molecule has 0 spiro atoms. The average Bonchev–Trinajstić information content (AvgIpc) is 2.87. The molecule has 1 aromatic heterocycles. The van der Waals surface area contributed by atoms with E-state index in [0.29, 0.717) is 41.0 Å². The summed E-state index contributed by atoms with van der Waals surface area (Å²) in [4.78, 5) is 29.0. The Bertz CT molecular complexity index is 1200. The number of carbonyl (C=O) groups is 1. The zero-order chi connectivity index (χ0) is 24.8. The van der Waals surface area contributed by atoms with Crippen LogP contribution in [-0.4, -0.2) is 65.8 Å². The molecular formula is C27H34N4O4. The number of carbonyl (C=O) groups excluding carboxylic acids is 1. The summed E-state index contributed by atoms with van der Waals surface area (Å²) in [6, 6.07) is 13.8. The van der Waals surface area contributed by atoms with Gasteiger partial charge in [-0.2, -0.15) is 0 Å². The van der Waals surface area contributed by atoms with Crippen LogP contribution in [0.1, 0.15) is 40.4 Å². The standard InChI is InChI=1S/C27H34N4O4/c1-31-14-11-19(12-15-31)16-29-27(35)20-4-2-18(3-5-20)10-13-28-17-24(33)21-6-8-23(32)26-22(21)7-9-25(34)30-26/h2-9,19,24,28,32-33H,10-17H2,1H3,(H,29,35)(H,30,34)/t24-/m0/s1. The van der Waals surface area contributed by atoms with E-state index in [1.807, 2.05) is 24.3 Å². The van der Waals surface area contributed by atoms with Gasteiger partial charge in [0.1, 0.15) is 5.75 Å². The van der Waals surface area contributed by atoms with Crippen molar-refractivity contribution in [2.24, 2.45) is 5.92 Å². The Morgan fingerprint density at radius 1 is 1.11 bits per heavy atom. The van der Waals surface area contributed by atoms with Crippen LogP contribution in [-0.2, 0) is 6.42 Å². The first kappa shape index (κ1) is 24.9. The molecule has 1 saturated heterocycles. The number of pyridine rings is 1. The van der Waals surface area contributed by atoms with E-state index in [1.54, 1.807) is 12.1 Å². The van der Waals surface area contributed by atoms with Crippen molar-refractivity contribution in [3.8, 4) is 5.75 Å². The Labute approximate surface area is 205 Å². The molecule has 5 N–H and O–H groups in total. The van der Waals surface area contributed by atoms with Crippen LogP contribution < -0.4 is 16.2 Å². The smallest absolute Gasteiger partial charge is 0.251 e. The molecule has 0 aliphatic carbocycles. The summed E-state index contributed by atoms with van der Waals surface area (Å²) in [7, 11) is 2.13. The SMILES string of the molecule is CN1CCC(CNC(=O)c2ccc(CCNC[C@H](O)c3ccc(O)c4[nH]c(=O)ccc34)cc2)CC1. The number of fused-ring (bicyclic) bond motifs is 1. The number of nitrogens with zero attached hydrogens (tertiary/aromatic N) is 1. The molecule has 4 rings (SSSR count). The van der Waals surface area contributed by atoms with Crippen LogP contribution in [0.15, 0.2) is 53.3 Å². The van der Waals surface area contributed by atoms with Gasteiger partial charge in [-0.1, -0.05) is 18.2 Å². The molecule has 35 heavy (non-hydrogen) atoms. The second-order valence-electron chi connectivity index (χ2n) is 9.41. The Kier molecular flexibility index (Phi) is 8.17. The first-order valence-corrected chi connectivity index (χ1v) is 12.2. The van der Waals surface area contributed by atoms with Crippen LogP contribution in [0.5, 0.6) is 5.75 Å². The fourth-order valence-corrected chi connectivity index (χ4v) is 4.56. The van der Waals surface area contributed by atoms with Crippen LogP contribution in [0.25, 0.3) is 10.9 Å². The van der Waals surface area contributed by atoms with E-state index in [9.17, 15) is 19.8 Å². The molecule has 1 aliphatic rings. The number of aliphatic hydroxyl groups excluding tert-OH is 1. The average molecular weight is 479 g/mol. The number of H-pyrrole nitrogens is 1. The van der Waals surface area contributed by atoms with Gasteiger partial charge in [0.2, 0.25) is 5.56 Å². The van der Waals surface area contributed by atoms with E-state index in [0.717, 1.165) is 44.5 Å². The molecule has 0 unspecified atom stereocenters. The summed E-state index contributed by atoms with van der Waals surface area (Å²) < 4.78 is 0. The highest BCUT2D eigenvalue weighted by Crippen LogP contribution is 2.28. The fraction of sp³-hybridized carbons (Fsp3) is 0.407. The number of phenols is 1. The van der Waals surface area contributed by atoms with Crippen LogP contribution in [0.4, 0.5) is 0 Å². The number of nitrogens with one attached hydrogen (secondary N) is 3. The molecule has 186 valence electrons. The Morgan fingerprint density at radius 3 is 2.60 bits per heavy atom. The maximum Gasteiger partial charge on any atom is 0.251 e. The molecule has 1 aliphatic heterocycles. The zero-order valence-corrected chi connectivity index (χ0v) is 20.1. The molecule has 0 radical (unpaired) electrons. The van der Waals surface area contributed by atoms with Gasteiger partial charge in [-0.05, 0) is 87.3 Å². The number of aromatic amines is 1. The maximum atomic E-state index is 12.5. The van der Waals surface area contributed by atoms with E-state index < -0.39 is 6.10 Å². The van der Waals surface area contributed by atoms with Gasteiger partial charge in [0.25, 0.3) is 5.91 Å². The third-order valence-corrected chi connectivity index (χ3v) is 6.80. The van der Waals surface area contributed by atoms with Crippen molar-refractivity contribution in [3.05, 3.63) is 75.6 Å². The first-order valence-electron chi connectivity index (χ1n) is 12.2. The Morgan fingerprint density at radius 2 is 1.86 bits per heavy atom. The quantitative estimate of drug-likeness (QED) is 0.301. The van der Waals surface area contributed by atoms with Crippen LogP contribution >= 0.6 is 0 Å². The lowest BCUT2D eigenvalue weighted by Gasteiger charge is -2.28. The number of hydrogen-bond donors (Lipinski definition) is 5. The topological polar surface area (TPSA) is 118 Å². The first-order chi connectivity index (χ1) is 16.9. The van der Waals surface area contributed by atoms with Gasteiger partial charge < -0.3 is 30.7 Å². The number of hydrogen-bond acceptors (Lipinski definition) is 6. The number of rotatable bonds is 9. The predicted octanol–water partition coefficient (Wildman–Crippen LogP) is 2.17. The van der Waals surface area contributed by atoms with E-state index in [-0.39, 0.29) is 17.2 Å². The van der Waals surface area contributed by atoms with Crippen LogP contribution in [0, 0.1) is 5.92 Å². The maximum absolute atomic E-state index is 12.5. The highest BCUT2D eigenvalue weighted by atomic mass is 16.3. The Hall–Kier alpha value is -3.20. The minimum atomic E-state index is -0.792. The molecule has 1 atom stereocenters. The molecule has 2 heterocycles. The summed E-state index contributed by atoms with van der Waals surface area (Å²) >= 11 is 0. The number of likely N-dealkylation sites (tertiary alicyclic amines) is 1. The van der Waals surface area contributed by atoms with E-state index >= 15 is 0 Å². The van der Waals surface area contributed by atoms with E-state index in [4.69, 9.17) is 0 Å². The summed E-state index contributed by atoms with van der Waals surface area (Å²) in [5, 5.41) is 27.6. The summed E-state index contributed by atoms with van der Waals surface area (Å²) in [6.45, 7) is 3.90. The zero-order valence-electron chi connectivity index (χ0n) is 20.1. The number of aromatic nitrogens is 1. The fourth-order valence-electron chi connectivity index (χ4n) is 4.56. The third-order valence-electron chi connectivity index (χ3n) is 6.80. The van der Waals surface area contributed by atoms with Gasteiger partial charge in [0, 0.05) is 30.1 Å². The molecule has 0 bridgehead atoms. The summed E-state index contributed by atoms with van der Waals surface area (Å²) in [5.41, 5.74) is 2.42. The molecule has 0 saturated carbocycles. The number of aromatic hydroxyl groups is 1. The monoisotopic (exact) mass is 478 g/mol. The van der Waals surface area contributed by atoms with Crippen LogP contribution in [0.2, 0.25) is 0 Å². The van der Waals surface area contributed by atoms with Gasteiger partial charge in [-0.15, -0.1) is 0 Å². The van der Waals surface area contributed by atoms with Crippen molar-refractivity contribution in [1.82, 2.24) is 20.5 Å². The molecule has 8 nitrogen and oxygen atoms in total.